The molecule has 0 saturated carbocycles. The van der Waals surface area contributed by atoms with E-state index in [-0.39, 0.29) is 5.91 Å². The molecular formula is C19H21NO4. The molecule has 0 aliphatic carbocycles. The van der Waals surface area contributed by atoms with E-state index >= 15 is 0 Å². The lowest BCUT2D eigenvalue weighted by Crippen LogP contribution is -2.30. The Morgan fingerprint density at radius 1 is 1.08 bits per heavy atom. The summed E-state index contributed by atoms with van der Waals surface area (Å²) in [5.74, 6) is 1.72. The summed E-state index contributed by atoms with van der Waals surface area (Å²) in [5.41, 5.74) is 2.88. The number of fused-ring (bicyclic) bond motifs is 1. The highest BCUT2D eigenvalue weighted by atomic mass is 16.6. The number of carbonyl (C=O) groups is 1. The normalized spacial score (nSPS) is 14.0. The SMILES string of the molecule is Cc1cccc(C)c1NC(=O)[C@H](C)Oc1ccc2c(c1)OCCO2. The van der Waals surface area contributed by atoms with Crippen molar-refractivity contribution in [1.82, 2.24) is 0 Å². The monoisotopic (exact) mass is 327 g/mol. The Hall–Kier alpha value is -2.69. The standard InChI is InChI=1S/C19H21NO4/c1-12-5-4-6-13(2)18(12)20-19(21)14(3)24-15-7-8-16-17(11-15)23-10-9-22-16/h4-8,11,14H,9-10H2,1-3H3,(H,20,21)/t14-/m0/s1. The zero-order chi connectivity index (χ0) is 17.1. The van der Waals surface area contributed by atoms with Gasteiger partial charge in [-0.15, -0.1) is 0 Å². The molecule has 126 valence electrons. The minimum Gasteiger partial charge on any atom is -0.486 e. The van der Waals surface area contributed by atoms with Crippen LogP contribution in [0, 0.1) is 13.8 Å². The number of aryl methyl sites for hydroxylation is 2. The van der Waals surface area contributed by atoms with E-state index in [9.17, 15) is 4.79 Å². The summed E-state index contributed by atoms with van der Waals surface area (Å²) in [6.07, 6.45) is -0.633. The van der Waals surface area contributed by atoms with E-state index in [4.69, 9.17) is 14.2 Å². The van der Waals surface area contributed by atoms with Crippen molar-refractivity contribution in [2.45, 2.75) is 26.9 Å². The zero-order valence-electron chi connectivity index (χ0n) is 14.1. The number of carbonyl (C=O) groups excluding carboxylic acids is 1. The smallest absolute Gasteiger partial charge is 0.265 e. The first-order chi connectivity index (χ1) is 11.5. The molecule has 0 saturated heterocycles. The van der Waals surface area contributed by atoms with E-state index in [2.05, 4.69) is 5.32 Å². The van der Waals surface area contributed by atoms with Crippen molar-refractivity contribution in [3.63, 3.8) is 0 Å². The number of anilines is 1. The molecule has 1 aliphatic heterocycles. The van der Waals surface area contributed by atoms with Crippen molar-refractivity contribution in [3.05, 3.63) is 47.5 Å². The largest absolute Gasteiger partial charge is 0.486 e. The quantitative estimate of drug-likeness (QED) is 0.934. The first-order valence-corrected chi connectivity index (χ1v) is 7.98. The maximum absolute atomic E-state index is 12.4. The fraction of sp³-hybridized carbons (Fsp3) is 0.316. The van der Waals surface area contributed by atoms with Crippen LogP contribution < -0.4 is 19.5 Å². The van der Waals surface area contributed by atoms with Gasteiger partial charge in [-0.2, -0.15) is 0 Å². The molecular weight excluding hydrogens is 306 g/mol. The summed E-state index contributed by atoms with van der Waals surface area (Å²) in [6.45, 7) is 6.71. The predicted molar refractivity (Wildman–Crippen MR) is 92.1 cm³/mol. The van der Waals surface area contributed by atoms with Crippen LogP contribution in [0.5, 0.6) is 17.2 Å². The number of amides is 1. The molecule has 2 aromatic rings. The molecule has 0 fully saturated rings. The van der Waals surface area contributed by atoms with Crippen LogP contribution in [0.15, 0.2) is 36.4 Å². The van der Waals surface area contributed by atoms with Crippen LogP contribution in [0.2, 0.25) is 0 Å². The molecule has 2 aromatic carbocycles. The van der Waals surface area contributed by atoms with Crippen LogP contribution in [0.4, 0.5) is 5.69 Å². The van der Waals surface area contributed by atoms with E-state index in [1.165, 1.54) is 0 Å². The number of rotatable bonds is 4. The van der Waals surface area contributed by atoms with Crippen molar-refractivity contribution >= 4 is 11.6 Å². The maximum Gasteiger partial charge on any atom is 0.265 e. The van der Waals surface area contributed by atoms with Crippen LogP contribution in [-0.2, 0) is 4.79 Å². The van der Waals surface area contributed by atoms with Crippen molar-refractivity contribution < 1.29 is 19.0 Å². The topological polar surface area (TPSA) is 56.8 Å². The van der Waals surface area contributed by atoms with Crippen molar-refractivity contribution in [1.29, 1.82) is 0 Å². The molecule has 0 unspecified atom stereocenters. The van der Waals surface area contributed by atoms with Gasteiger partial charge < -0.3 is 19.5 Å². The minimum absolute atomic E-state index is 0.192. The molecule has 0 spiro atoms. The number of para-hydroxylation sites is 1. The molecule has 1 amide bonds. The summed E-state index contributed by atoms with van der Waals surface area (Å²) in [6, 6.07) is 11.2. The maximum atomic E-state index is 12.4. The molecule has 3 rings (SSSR count). The molecule has 0 radical (unpaired) electrons. The number of ether oxygens (including phenoxy) is 3. The minimum atomic E-state index is -0.633. The average molecular weight is 327 g/mol. The lowest BCUT2D eigenvalue weighted by Gasteiger charge is -2.20. The van der Waals surface area contributed by atoms with Gasteiger partial charge in [0, 0.05) is 11.8 Å². The molecule has 0 bridgehead atoms. The van der Waals surface area contributed by atoms with Gasteiger partial charge >= 0.3 is 0 Å². The highest BCUT2D eigenvalue weighted by molar-refractivity contribution is 5.95. The Morgan fingerprint density at radius 2 is 1.75 bits per heavy atom. The Balaban J connectivity index is 1.68. The van der Waals surface area contributed by atoms with Gasteiger partial charge in [0.1, 0.15) is 19.0 Å². The van der Waals surface area contributed by atoms with E-state index in [0.29, 0.717) is 30.5 Å². The zero-order valence-corrected chi connectivity index (χ0v) is 14.1. The number of hydrogen-bond acceptors (Lipinski definition) is 4. The number of benzene rings is 2. The lowest BCUT2D eigenvalue weighted by atomic mass is 10.1. The molecule has 5 heteroatoms. The van der Waals surface area contributed by atoms with Gasteiger partial charge in [-0.3, -0.25) is 4.79 Å². The Morgan fingerprint density at radius 3 is 2.46 bits per heavy atom. The van der Waals surface area contributed by atoms with Crippen LogP contribution in [0.3, 0.4) is 0 Å². The Bertz CT molecular complexity index is 737. The molecule has 1 N–H and O–H groups in total. The summed E-state index contributed by atoms with van der Waals surface area (Å²) < 4.78 is 16.8. The second kappa shape index (κ2) is 6.83. The highest BCUT2D eigenvalue weighted by Crippen LogP contribution is 2.34. The summed E-state index contributed by atoms with van der Waals surface area (Å²) in [4.78, 5) is 12.4. The van der Waals surface area contributed by atoms with E-state index < -0.39 is 6.10 Å². The highest BCUT2D eigenvalue weighted by Gasteiger charge is 2.18. The number of hydrogen-bond donors (Lipinski definition) is 1. The van der Waals surface area contributed by atoms with Gasteiger partial charge in [-0.1, -0.05) is 18.2 Å². The molecule has 0 aromatic heterocycles. The fourth-order valence-corrected chi connectivity index (χ4v) is 2.59. The Kier molecular flexibility index (Phi) is 4.60. The van der Waals surface area contributed by atoms with Gasteiger partial charge in [0.2, 0.25) is 0 Å². The average Bonchev–Trinajstić information content (AvgIpc) is 2.58. The van der Waals surface area contributed by atoms with Gasteiger partial charge in [0.15, 0.2) is 17.6 Å². The van der Waals surface area contributed by atoms with E-state index in [1.54, 1.807) is 25.1 Å². The van der Waals surface area contributed by atoms with Crippen molar-refractivity contribution in [2.24, 2.45) is 0 Å². The molecule has 1 heterocycles. The van der Waals surface area contributed by atoms with Crippen molar-refractivity contribution in [3.8, 4) is 17.2 Å². The first kappa shape index (κ1) is 16.2. The molecule has 1 aliphatic rings. The van der Waals surface area contributed by atoms with Gasteiger partial charge in [-0.25, -0.2) is 0 Å². The van der Waals surface area contributed by atoms with Crippen LogP contribution >= 0.6 is 0 Å². The van der Waals surface area contributed by atoms with Gasteiger partial charge in [-0.05, 0) is 44.0 Å². The van der Waals surface area contributed by atoms with Crippen LogP contribution in [0.25, 0.3) is 0 Å². The van der Waals surface area contributed by atoms with Crippen LogP contribution in [-0.4, -0.2) is 25.2 Å². The van der Waals surface area contributed by atoms with E-state index in [0.717, 1.165) is 16.8 Å². The van der Waals surface area contributed by atoms with E-state index in [1.807, 2.05) is 32.0 Å². The van der Waals surface area contributed by atoms with Gasteiger partial charge in [0.25, 0.3) is 5.91 Å². The third kappa shape index (κ3) is 3.45. The summed E-state index contributed by atoms with van der Waals surface area (Å²) in [7, 11) is 0. The van der Waals surface area contributed by atoms with Gasteiger partial charge in [0.05, 0.1) is 0 Å². The number of nitrogens with one attached hydrogen (secondary N) is 1. The second-order valence-corrected chi connectivity index (χ2v) is 5.82. The Labute approximate surface area is 141 Å². The molecule has 5 nitrogen and oxygen atoms in total. The van der Waals surface area contributed by atoms with Crippen molar-refractivity contribution in [2.75, 3.05) is 18.5 Å². The fourth-order valence-electron chi connectivity index (χ4n) is 2.59. The summed E-state index contributed by atoms with van der Waals surface area (Å²) in [5, 5.41) is 2.94. The molecule has 24 heavy (non-hydrogen) atoms. The summed E-state index contributed by atoms with van der Waals surface area (Å²) >= 11 is 0. The predicted octanol–water partition coefficient (Wildman–Crippen LogP) is 3.48. The third-order valence-electron chi connectivity index (χ3n) is 3.93. The van der Waals surface area contributed by atoms with Crippen LogP contribution in [0.1, 0.15) is 18.1 Å². The second-order valence-electron chi connectivity index (χ2n) is 5.82. The first-order valence-electron chi connectivity index (χ1n) is 7.98. The third-order valence-corrected chi connectivity index (χ3v) is 3.93. The molecule has 1 atom stereocenters. The lowest BCUT2D eigenvalue weighted by molar-refractivity contribution is -0.122.